The molecule has 0 spiro atoms. The first-order valence-corrected chi connectivity index (χ1v) is 16.3. The smallest absolute Gasteiger partial charge is 0.236 e. The lowest BCUT2D eigenvalue weighted by Gasteiger charge is -2.38. The first-order chi connectivity index (χ1) is 23.2. The summed E-state index contributed by atoms with van der Waals surface area (Å²) in [5, 5.41) is 10.9. The number of rotatable bonds is 17. The highest BCUT2D eigenvalue weighted by atomic mass is 16.2. The Balaban J connectivity index is 2.19. The van der Waals surface area contributed by atoms with Crippen LogP contribution in [0.4, 0.5) is 0 Å². The van der Waals surface area contributed by atoms with Crippen molar-refractivity contribution in [2.75, 3.05) is 52.4 Å². The van der Waals surface area contributed by atoms with Crippen molar-refractivity contribution in [2.45, 2.75) is 52.4 Å². The summed E-state index contributed by atoms with van der Waals surface area (Å²) in [5.74, 6) is -7.06. The number of hydrogen-bond donors (Lipinski definition) is 5. The van der Waals surface area contributed by atoms with E-state index in [4.69, 9.17) is 31.9 Å². The summed E-state index contributed by atoms with van der Waals surface area (Å²) in [7, 11) is 21.2. The summed E-state index contributed by atoms with van der Waals surface area (Å²) in [5.41, 5.74) is 0. The van der Waals surface area contributed by atoms with Crippen molar-refractivity contribution in [3.05, 3.63) is 0 Å². The standard InChI is InChI=1S/C29H44B4N8O8/c1-17(2)22(42)6-4-3-5-7-34-23(43)14-39(15-24(44)40-10-18(26(46)35-30)8-19(11-40)27(47)36-31)16-25(45)41-12-20(28(48)37-32)9-21(13-41)29(49)38-33/h17-21H,3-16H2,1-2H3,(H,34,43)(H,35,46)(H,36,47)(H,37,48)(H,38,49). The summed E-state index contributed by atoms with van der Waals surface area (Å²) >= 11 is 0. The van der Waals surface area contributed by atoms with E-state index in [0.717, 1.165) is 0 Å². The maximum atomic E-state index is 13.6. The normalized spacial score (nSPS) is 20.7. The molecule has 2 heterocycles. The highest BCUT2D eigenvalue weighted by Gasteiger charge is 2.39. The van der Waals surface area contributed by atoms with Crippen LogP contribution >= 0.6 is 0 Å². The van der Waals surface area contributed by atoms with Crippen LogP contribution in [0.25, 0.3) is 0 Å². The number of piperidine rings is 2. The maximum absolute atomic E-state index is 13.6. The summed E-state index contributed by atoms with van der Waals surface area (Å²) in [4.78, 5) is 105. The zero-order valence-electron chi connectivity index (χ0n) is 28.2. The number of ketones is 1. The van der Waals surface area contributed by atoms with Gasteiger partial charge in [0.1, 0.15) is 5.78 Å². The number of Topliss-reactive ketones (excluding diaryl/α,β-unsaturated/α-hetero) is 1. The molecule has 4 unspecified atom stereocenters. The fourth-order valence-corrected chi connectivity index (χ4v) is 5.96. The van der Waals surface area contributed by atoms with Gasteiger partial charge in [-0.25, -0.2) is 0 Å². The number of nitrogens with one attached hydrogen (secondary N) is 5. The van der Waals surface area contributed by atoms with Gasteiger partial charge in [0.2, 0.25) is 73.3 Å². The Kier molecular flexibility index (Phi) is 17.4. The highest BCUT2D eigenvalue weighted by molar-refractivity contribution is 6.16. The summed E-state index contributed by atoms with van der Waals surface area (Å²) < 4.78 is 0. The molecule has 4 atom stereocenters. The van der Waals surface area contributed by atoms with Crippen LogP contribution in [0.3, 0.4) is 0 Å². The Labute approximate surface area is 292 Å². The highest BCUT2D eigenvalue weighted by Crippen LogP contribution is 2.24. The van der Waals surface area contributed by atoms with E-state index >= 15 is 0 Å². The van der Waals surface area contributed by atoms with E-state index in [0.29, 0.717) is 32.2 Å². The van der Waals surface area contributed by atoms with Crippen molar-refractivity contribution >= 4 is 79.1 Å². The van der Waals surface area contributed by atoms with Gasteiger partial charge in [-0.1, -0.05) is 20.3 Å². The first-order valence-electron chi connectivity index (χ1n) is 16.3. The van der Waals surface area contributed by atoms with Gasteiger partial charge in [0.25, 0.3) is 0 Å². The third-order valence-electron chi connectivity index (χ3n) is 8.81. The molecule has 0 aromatic rings. The number of unbranched alkanes of at least 4 members (excludes halogenated alkanes) is 2. The molecule has 5 N–H and O–H groups in total. The zero-order chi connectivity index (χ0) is 36.7. The van der Waals surface area contributed by atoms with E-state index in [-0.39, 0.29) is 57.3 Å². The molecule has 49 heavy (non-hydrogen) atoms. The SMILES string of the molecule is [B]NC(=O)C1CC(C(=O)N[B])CN(C(=O)CN(CC(=O)NCCCCCC(=O)C(C)C)CC(=O)N2CC(C(=O)N[B])CC(C(=O)N[B])C2)C1. The Hall–Kier alpha value is -3.82. The van der Waals surface area contributed by atoms with Crippen molar-refractivity contribution in [3.8, 4) is 0 Å². The first kappa shape index (κ1) is 41.4. The largest absolute Gasteiger partial charge is 0.409 e. The van der Waals surface area contributed by atoms with Gasteiger partial charge in [-0.3, -0.25) is 43.3 Å². The monoisotopic (exact) mass is 676 g/mol. The Morgan fingerprint density at radius 2 is 1.00 bits per heavy atom. The molecule has 7 amide bonds. The average molecular weight is 676 g/mol. The minimum atomic E-state index is -0.816. The van der Waals surface area contributed by atoms with Crippen LogP contribution in [0.5, 0.6) is 0 Å². The van der Waals surface area contributed by atoms with Crippen LogP contribution < -0.4 is 26.2 Å². The fraction of sp³-hybridized carbons (Fsp3) is 0.724. The number of carbonyl (C=O) groups is 8. The van der Waals surface area contributed by atoms with E-state index < -0.39 is 78.1 Å². The van der Waals surface area contributed by atoms with Gasteiger partial charge in [0, 0.05) is 45.1 Å². The molecule has 2 saturated heterocycles. The van der Waals surface area contributed by atoms with Crippen LogP contribution in [-0.2, 0) is 38.4 Å². The van der Waals surface area contributed by atoms with E-state index in [1.165, 1.54) is 14.7 Å². The molecular weight excluding hydrogens is 632 g/mol. The molecule has 2 fully saturated rings. The number of likely N-dealkylation sites (tertiary alicyclic amines) is 2. The van der Waals surface area contributed by atoms with Crippen LogP contribution in [0.2, 0.25) is 0 Å². The molecular formula is C29H44B4N8O8. The molecule has 2 aliphatic rings. The fourth-order valence-electron chi connectivity index (χ4n) is 5.96. The molecule has 0 aromatic carbocycles. The quantitative estimate of drug-likeness (QED) is 0.0750. The molecule has 260 valence electrons. The zero-order valence-corrected chi connectivity index (χ0v) is 28.2. The third kappa shape index (κ3) is 13.2. The lowest BCUT2D eigenvalue weighted by molar-refractivity contribution is -0.141. The van der Waals surface area contributed by atoms with Gasteiger partial charge in [0.15, 0.2) is 0 Å². The molecule has 0 aromatic heterocycles. The molecule has 0 bridgehead atoms. The van der Waals surface area contributed by atoms with E-state index in [9.17, 15) is 38.4 Å². The lowest BCUT2D eigenvalue weighted by Crippen LogP contribution is -2.56. The Morgan fingerprint density at radius 3 is 1.35 bits per heavy atom. The van der Waals surface area contributed by atoms with Crippen LogP contribution in [0.1, 0.15) is 52.4 Å². The lowest BCUT2D eigenvalue weighted by atomic mass is 9.87. The van der Waals surface area contributed by atoms with Gasteiger partial charge in [0.05, 0.1) is 43.3 Å². The van der Waals surface area contributed by atoms with Crippen molar-refractivity contribution in [1.29, 1.82) is 0 Å². The maximum Gasteiger partial charge on any atom is 0.236 e. The molecule has 0 aliphatic carbocycles. The molecule has 20 heteroatoms. The van der Waals surface area contributed by atoms with E-state index in [1.807, 2.05) is 34.8 Å². The summed E-state index contributed by atoms with van der Waals surface area (Å²) in [6.07, 6.45) is 2.66. The third-order valence-corrected chi connectivity index (χ3v) is 8.81. The van der Waals surface area contributed by atoms with Gasteiger partial charge in [-0.05, 0) is 25.7 Å². The predicted octanol–water partition coefficient (Wildman–Crippen LogP) is -4.08. The van der Waals surface area contributed by atoms with E-state index in [2.05, 4.69) is 5.32 Å². The van der Waals surface area contributed by atoms with Gasteiger partial charge in [-0.2, -0.15) is 0 Å². The van der Waals surface area contributed by atoms with Crippen molar-refractivity contribution in [2.24, 2.45) is 29.6 Å². The topological polar surface area (TPSA) is 206 Å². The number of hydrogen-bond acceptors (Lipinski definition) is 9. The Bertz CT molecular complexity index is 1110. The van der Waals surface area contributed by atoms with Crippen molar-refractivity contribution in [1.82, 2.24) is 40.9 Å². The van der Waals surface area contributed by atoms with Crippen molar-refractivity contribution in [3.63, 3.8) is 0 Å². The molecule has 2 rings (SSSR count). The molecule has 8 radical (unpaired) electrons. The summed E-state index contributed by atoms with van der Waals surface area (Å²) in [6.45, 7) is 2.45. The second-order valence-electron chi connectivity index (χ2n) is 12.8. The number of amides is 7. The van der Waals surface area contributed by atoms with E-state index in [1.54, 1.807) is 0 Å². The minimum absolute atomic E-state index is 0.0363. The predicted molar refractivity (Wildman–Crippen MR) is 180 cm³/mol. The van der Waals surface area contributed by atoms with Gasteiger partial charge in [-0.15, -0.1) is 0 Å². The van der Waals surface area contributed by atoms with Crippen LogP contribution in [0.15, 0.2) is 0 Å². The van der Waals surface area contributed by atoms with Crippen molar-refractivity contribution < 1.29 is 38.4 Å². The second kappa shape index (κ2) is 20.6. The van der Waals surface area contributed by atoms with Crippen LogP contribution in [0, 0.1) is 29.6 Å². The molecule has 0 saturated carbocycles. The number of nitrogens with zero attached hydrogens (tertiary/aromatic N) is 3. The van der Waals surface area contributed by atoms with Gasteiger partial charge >= 0.3 is 0 Å². The summed E-state index contributed by atoms with van der Waals surface area (Å²) in [6, 6.07) is 0. The van der Waals surface area contributed by atoms with Crippen LogP contribution in [-0.4, -0.2) is 146 Å². The average Bonchev–Trinajstić information content (AvgIpc) is 3.10. The number of carbonyl (C=O) groups excluding carboxylic acids is 8. The second-order valence-corrected chi connectivity index (χ2v) is 12.8. The molecule has 2 aliphatic heterocycles. The minimum Gasteiger partial charge on any atom is -0.409 e. The van der Waals surface area contributed by atoms with Gasteiger partial charge < -0.3 is 36.0 Å². The Morgan fingerprint density at radius 1 is 0.612 bits per heavy atom. The molecule has 16 nitrogen and oxygen atoms in total.